The average molecular weight is 481 g/mol. The summed E-state index contributed by atoms with van der Waals surface area (Å²) in [6.45, 7) is 2.69. The summed E-state index contributed by atoms with van der Waals surface area (Å²) in [5, 5.41) is 20.6. The van der Waals surface area contributed by atoms with E-state index in [1.807, 2.05) is 61.5 Å². The fourth-order valence-electron chi connectivity index (χ4n) is 4.48. The molecule has 0 saturated heterocycles. The summed E-state index contributed by atoms with van der Waals surface area (Å²) < 4.78 is 8.09. The van der Waals surface area contributed by atoms with Crippen LogP contribution in [0.25, 0.3) is 21.8 Å². The van der Waals surface area contributed by atoms with E-state index in [4.69, 9.17) is 9.84 Å². The number of ether oxygens (including phenoxy) is 1. The highest BCUT2D eigenvalue weighted by atomic mass is 16.5. The Bertz CT molecular complexity index is 1600. The van der Waals surface area contributed by atoms with Crippen molar-refractivity contribution in [2.75, 3.05) is 0 Å². The smallest absolute Gasteiger partial charge is 0.335 e. The molecule has 0 spiro atoms. The molecular formula is C29H24N2O5. The van der Waals surface area contributed by atoms with Gasteiger partial charge in [-0.1, -0.05) is 36.4 Å². The molecule has 5 rings (SSSR count). The Morgan fingerprint density at radius 3 is 2.47 bits per heavy atom. The second-order valence-electron chi connectivity index (χ2n) is 8.69. The zero-order valence-electron chi connectivity index (χ0n) is 19.6. The maximum absolute atomic E-state index is 11.6. The number of carboxylic acid groups (broad SMARTS) is 2. The van der Waals surface area contributed by atoms with E-state index in [1.165, 1.54) is 0 Å². The number of nitrogens with zero attached hydrogens (tertiary/aromatic N) is 2. The predicted molar refractivity (Wildman–Crippen MR) is 137 cm³/mol. The van der Waals surface area contributed by atoms with Gasteiger partial charge in [0.15, 0.2) is 0 Å². The number of rotatable bonds is 8. The largest absolute Gasteiger partial charge is 0.487 e. The van der Waals surface area contributed by atoms with Crippen LogP contribution in [-0.2, 0) is 24.4 Å². The molecule has 0 fully saturated rings. The van der Waals surface area contributed by atoms with Crippen LogP contribution in [0.1, 0.15) is 32.9 Å². The van der Waals surface area contributed by atoms with Crippen molar-refractivity contribution in [3.8, 4) is 5.75 Å². The predicted octanol–water partition coefficient (Wildman–Crippen LogP) is 5.45. The third-order valence-electron chi connectivity index (χ3n) is 6.34. The summed E-state index contributed by atoms with van der Waals surface area (Å²) in [7, 11) is 0. The van der Waals surface area contributed by atoms with E-state index in [0.29, 0.717) is 18.9 Å². The van der Waals surface area contributed by atoms with Crippen molar-refractivity contribution >= 4 is 33.7 Å². The van der Waals surface area contributed by atoms with Crippen LogP contribution in [0.3, 0.4) is 0 Å². The number of carboxylic acids is 2. The Morgan fingerprint density at radius 1 is 0.944 bits per heavy atom. The minimum atomic E-state index is -0.973. The van der Waals surface area contributed by atoms with Crippen LogP contribution in [0, 0.1) is 6.92 Å². The van der Waals surface area contributed by atoms with E-state index in [9.17, 15) is 14.7 Å². The fraction of sp³-hybridized carbons (Fsp3) is 0.138. The number of hydrogen-bond acceptors (Lipinski definition) is 4. The normalized spacial score (nSPS) is 11.1. The number of aromatic nitrogens is 2. The van der Waals surface area contributed by atoms with E-state index >= 15 is 0 Å². The van der Waals surface area contributed by atoms with Crippen molar-refractivity contribution < 1.29 is 24.5 Å². The lowest BCUT2D eigenvalue weighted by Gasteiger charge is -2.10. The summed E-state index contributed by atoms with van der Waals surface area (Å²) in [4.78, 5) is 27.4. The number of aliphatic carboxylic acids is 1. The third-order valence-corrected chi connectivity index (χ3v) is 6.34. The zero-order chi connectivity index (χ0) is 25.2. The van der Waals surface area contributed by atoms with Gasteiger partial charge in [-0.05, 0) is 60.5 Å². The molecule has 0 unspecified atom stereocenters. The molecule has 0 aliphatic heterocycles. The molecule has 2 heterocycles. The molecular weight excluding hydrogens is 456 g/mol. The van der Waals surface area contributed by atoms with E-state index in [-0.39, 0.29) is 12.0 Å². The highest BCUT2D eigenvalue weighted by molar-refractivity contribution is 5.90. The average Bonchev–Trinajstić information content (AvgIpc) is 3.12. The first-order valence-corrected chi connectivity index (χ1v) is 11.5. The van der Waals surface area contributed by atoms with Gasteiger partial charge in [0, 0.05) is 28.5 Å². The Kier molecular flexibility index (Phi) is 6.12. The molecule has 0 amide bonds. The van der Waals surface area contributed by atoms with Crippen molar-refractivity contribution in [1.29, 1.82) is 0 Å². The topological polar surface area (TPSA) is 102 Å². The zero-order valence-corrected chi connectivity index (χ0v) is 19.6. The van der Waals surface area contributed by atoms with Gasteiger partial charge in [-0.15, -0.1) is 0 Å². The SMILES string of the molecule is Cc1c(CC(=O)O)c2cc(OCc3ccc4ccccc4n3)ccc2n1Cc1ccc(C(=O)O)cc1. The molecule has 2 aromatic heterocycles. The number of pyridine rings is 1. The second-order valence-corrected chi connectivity index (χ2v) is 8.69. The van der Waals surface area contributed by atoms with Gasteiger partial charge in [0.05, 0.1) is 23.2 Å². The molecule has 0 aliphatic carbocycles. The summed E-state index contributed by atoms with van der Waals surface area (Å²) in [6, 6.07) is 24.2. The van der Waals surface area contributed by atoms with E-state index < -0.39 is 11.9 Å². The van der Waals surface area contributed by atoms with Crippen molar-refractivity contribution in [2.24, 2.45) is 0 Å². The van der Waals surface area contributed by atoms with E-state index in [1.54, 1.807) is 24.3 Å². The van der Waals surface area contributed by atoms with Gasteiger partial charge in [-0.2, -0.15) is 0 Å². The molecule has 36 heavy (non-hydrogen) atoms. The molecule has 0 atom stereocenters. The van der Waals surface area contributed by atoms with Crippen LogP contribution in [0.5, 0.6) is 5.75 Å². The fourth-order valence-corrected chi connectivity index (χ4v) is 4.48. The number of fused-ring (bicyclic) bond motifs is 2. The maximum Gasteiger partial charge on any atom is 0.335 e. The molecule has 3 aromatic carbocycles. The minimum Gasteiger partial charge on any atom is -0.487 e. The lowest BCUT2D eigenvalue weighted by atomic mass is 10.1. The van der Waals surface area contributed by atoms with Gasteiger partial charge in [0.2, 0.25) is 0 Å². The highest BCUT2D eigenvalue weighted by Gasteiger charge is 2.18. The summed E-state index contributed by atoms with van der Waals surface area (Å²) in [6.07, 6.45) is -0.108. The number of para-hydroxylation sites is 1. The number of aromatic carboxylic acids is 1. The summed E-state index contributed by atoms with van der Waals surface area (Å²) in [5.74, 6) is -1.25. The van der Waals surface area contributed by atoms with Gasteiger partial charge in [0.1, 0.15) is 12.4 Å². The Balaban J connectivity index is 1.45. The lowest BCUT2D eigenvalue weighted by molar-refractivity contribution is -0.136. The standard InChI is InChI=1S/C29H24N2O5/c1-18-24(15-28(32)33)25-14-23(36-17-22-11-10-20-4-2-3-5-26(20)30-22)12-13-27(25)31(18)16-19-6-8-21(9-7-19)29(34)35/h2-14H,15-17H2,1H3,(H,32,33)(H,34,35). The van der Waals surface area contributed by atoms with Crippen molar-refractivity contribution in [3.63, 3.8) is 0 Å². The van der Waals surface area contributed by atoms with Crippen molar-refractivity contribution in [2.45, 2.75) is 26.5 Å². The quantitative estimate of drug-likeness (QED) is 0.306. The monoisotopic (exact) mass is 480 g/mol. The molecule has 2 N–H and O–H groups in total. The van der Waals surface area contributed by atoms with Crippen molar-refractivity contribution in [1.82, 2.24) is 9.55 Å². The van der Waals surface area contributed by atoms with Gasteiger partial charge >= 0.3 is 11.9 Å². The van der Waals surface area contributed by atoms with Crippen LogP contribution in [0.4, 0.5) is 0 Å². The number of benzene rings is 3. The van der Waals surface area contributed by atoms with Gasteiger partial charge in [-0.3, -0.25) is 4.79 Å². The first-order valence-electron chi connectivity index (χ1n) is 11.5. The Morgan fingerprint density at radius 2 is 1.72 bits per heavy atom. The van der Waals surface area contributed by atoms with Crippen LogP contribution >= 0.6 is 0 Å². The minimum absolute atomic E-state index is 0.108. The third kappa shape index (κ3) is 4.63. The molecule has 0 aliphatic rings. The van der Waals surface area contributed by atoms with Crippen LogP contribution in [0.15, 0.2) is 78.9 Å². The van der Waals surface area contributed by atoms with Crippen LogP contribution in [0.2, 0.25) is 0 Å². The number of hydrogen-bond donors (Lipinski definition) is 2. The lowest BCUT2D eigenvalue weighted by Crippen LogP contribution is -2.05. The van der Waals surface area contributed by atoms with Crippen LogP contribution in [-0.4, -0.2) is 31.7 Å². The molecule has 0 bridgehead atoms. The molecule has 0 saturated carbocycles. The highest BCUT2D eigenvalue weighted by Crippen LogP contribution is 2.31. The Hall–Kier alpha value is -4.65. The summed E-state index contributed by atoms with van der Waals surface area (Å²) >= 11 is 0. The van der Waals surface area contributed by atoms with Crippen LogP contribution < -0.4 is 4.74 Å². The van der Waals surface area contributed by atoms with Crippen molar-refractivity contribution in [3.05, 3.63) is 107 Å². The molecule has 7 nitrogen and oxygen atoms in total. The van der Waals surface area contributed by atoms with Gasteiger partial charge < -0.3 is 19.5 Å². The molecule has 180 valence electrons. The second kappa shape index (κ2) is 9.54. The van der Waals surface area contributed by atoms with E-state index in [2.05, 4.69) is 9.55 Å². The first-order chi connectivity index (χ1) is 17.4. The summed E-state index contributed by atoms with van der Waals surface area (Å²) in [5.41, 5.74) is 5.32. The first kappa shape index (κ1) is 23.1. The number of carbonyl (C=O) groups is 2. The van der Waals surface area contributed by atoms with Gasteiger partial charge in [0.25, 0.3) is 0 Å². The van der Waals surface area contributed by atoms with Gasteiger partial charge in [-0.25, -0.2) is 9.78 Å². The maximum atomic E-state index is 11.6. The molecule has 0 radical (unpaired) electrons. The van der Waals surface area contributed by atoms with E-state index in [0.717, 1.165) is 44.3 Å². The Labute approximate surface area is 207 Å². The molecule has 5 aromatic rings. The molecule has 7 heteroatoms.